The normalized spacial score (nSPS) is 22.5. The lowest BCUT2D eigenvalue weighted by molar-refractivity contribution is -0.155. The van der Waals surface area contributed by atoms with Gasteiger partial charge in [0.05, 0.1) is 0 Å². The van der Waals surface area contributed by atoms with Crippen LogP contribution in [0.3, 0.4) is 0 Å². The van der Waals surface area contributed by atoms with Crippen molar-refractivity contribution in [2.75, 3.05) is 25.5 Å². The van der Waals surface area contributed by atoms with E-state index in [0.717, 1.165) is 21.6 Å². The van der Waals surface area contributed by atoms with Gasteiger partial charge in [-0.2, -0.15) is 13.2 Å². The van der Waals surface area contributed by atoms with Crippen molar-refractivity contribution in [2.24, 2.45) is 0 Å². The minimum Gasteiger partial charge on any atom is -0.325 e. The van der Waals surface area contributed by atoms with Gasteiger partial charge in [0.15, 0.2) is 0 Å². The number of hydrogen-bond acceptors (Lipinski definition) is 5. The summed E-state index contributed by atoms with van der Waals surface area (Å²) < 4.78 is 40.1. The van der Waals surface area contributed by atoms with Gasteiger partial charge >= 0.3 is 18.2 Å². The number of alkyl halides is 3. The molecule has 0 bridgehead atoms. The van der Waals surface area contributed by atoms with Gasteiger partial charge in [-0.1, -0.05) is 30.3 Å². The Hall–Kier alpha value is -4.42. The molecular weight excluding hydrogens is 543 g/mol. The van der Waals surface area contributed by atoms with Crippen LogP contribution >= 0.6 is 0 Å². The molecule has 2 aromatic rings. The van der Waals surface area contributed by atoms with E-state index in [1.807, 2.05) is 0 Å². The number of rotatable bonds is 6. The minimum absolute atomic E-state index is 0.0930. The molecule has 2 fully saturated rings. The largest absolute Gasteiger partial charge is 0.406 e. The smallest absolute Gasteiger partial charge is 0.325 e. The first-order valence-electron chi connectivity index (χ1n) is 13.1. The van der Waals surface area contributed by atoms with Gasteiger partial charge in [0, 0.05) is 19.2 Å². The Balaban J connectivity index is 1.38. The van der Waals surface area contributed by atoms with E-state index in [-0.39, 0.29) is 17.7 Å². The quantitative estimate of drug-likeness (QED) is 0.517. The predicted octanol–water partition coefficient (Wildman–Crippen LogP) is 3.08. The number of fused-ring (bicyclic) bond motifs is 2. The van der Waals surface area contributed by atoms with Crippen molar-refractivity contribution in [2.45, 2.75) is 50.4 Å². The van der Waals surface area contributed by atoms with Crippen molar-refractivity contribution < 1.29 is 37.1 Å². The second kappa shape index (κ2) is 10.2. The Bertz CT molecular complexity index is 1460. The molecule has 1 unspecified atom stereocenters. The molecule has 1 aliphatic carbocycles. The van der Waals surface area contributed by atoms with Crippen LogP contribution in [0.5, 0.6) is 0 Å². The second-order valence-corrected chi connectivity index (χ2v) is 10.6. The Morgan fingerprint density at radius 1 is 1.12 bits per heavy atom. The summed E-state index contributed by atoms with van der Waals surface area (Å²) in [4.78, 5) is 66.3. The fourth-order valence-electron chi connectivity index (χ4n) is 5.95. The fraction of sp³-hybridized carbons (Fsp3) is 0.393. The van der Waals surface area contributed by atoms with Crippen LogP contribution in [-0.4, -0.2) is 76.8 Å². The van der Waals surface area contributed by atoms with Crippen molar-refractivity contribution in [3.63, 3.8) is 0 Å². The van der Waals surface area contributed by atoms with Crippen molar-refractivity contribution in [1.82, 2.24) is 20.0 Å². The molecule has 216 valence electrons. The molecule has 1 spiro atoms. The highest BCUT2D eigenvalue weighted by atomic mass is 19.4. The number of urea groups is 2. The highest BCUT2D eigenvalue weighted by Gasteiger charge is 2.61. The summed E-state index contributed by atoms with van der Waals surface area (Å²) in [6.07, 6.45) is -3.41. The van der Waals surface area contributed by atoms with Gasteiger partial charge in [0.2, 0.25) is 5.91 Å². The van der Waals surface area contributed by atoms with Gasteiger partial charge in [-0.25, -0.2) is 9.59 Å². The monoisotopic (exact) mass is 571 g/mol. The number of imide groups is 2. The number of halogens is 3. The number of carbonyl (C=O) groups is 5. The third-order valence-electron chi connectivity index (χ3n) is 7.97. The molecule has 3 aliphatic rings. The number of nitrogens with zero attached hydrogens (tertiary/aromatic N) is 3. The van der Waals surface area contributed by atoms with E-state index in [9.17, 15) is 37.1 Å². The number of aryl methyl sites for hydroxylation is 2. The minimum atomic E-state index is -4.81. The van der Waals surface area contributed by atoms with E-state index in [1.54, 1.807) is 49.4 Å². The number of likely N-dealkylation sites (N-methyl/N-ethyl adjacent to an activating group) is 1. The molecule has 7 amide bonds. The zero-order chi connectivity index (χ0) is 29.7. The summed E-state index contributed by atoms with van der Waals surface area (Å²) in [5, 5.41) is 4.92. The molecule has 13 heteroatoms. The summed E-state index contributed by atoms with van der Waals surface area (Å²) in [7, 11) is 1.52. The summed E-state index contributed by atoms with van der Waals surface area (Å²) in [6.45, 7) is -0.609. The maximum Gasteiger partial charge on any atom is 0.406 e. The Morgan fingerprint density at radius 3 is 2.51 bits per heavy atom. The molecular formula is C28H28F3N5O5. The average molecular weight is 572 g/mol. The lowest BCUT2D eigenvalue weighted by Gasteiger charge is -2.39. The van der Waals surface area contributed by atoms with Crippen LogP contribution in [0.2, 0.25) is 0 Å². The fourth-order valence-corrected chi connectivity index (χ4v) is 5.95. The van der Waals surface area contributed by atoms with E-state index in [1.165, 1.54) is 11.9 Å². The highest BCUT2D eigenvalue weighted by Crippen LogP contribution is 2.46. The van der Waals surface area contributed by atoms with Gasteiger partial charge in [0.1, 0.15) is 24.7 Å². The number of amides is 7. The molecule has 0 aromatic heterocycles. The maximum absolute atomic E-state index is 13.6. The van der Waals surface area contributed by atoms with Gasteiger partial charge in [0.25, 0.3) is 11.8 Å². The van der Waals surface area contributed by atoms with Crippen LogP contribution < -0.4 is 10.6 Å². The van der Waals surface area contributed by atoms with Crippen molar-refractivity contribution in [3.8, 4) is 0 Å². The van der Waals surface area contributed by atoms with Crippen molar-refractivity contribution in [1.29, 1.82) is 0 Å². The van der Waals surface area contributed by atoms with E-state index in [4.69, 9.17) is 0 Å². The van der Waals surface area contributed by atoms with Gasteiger partial charge < -0.3 is 10.2 Å². The van der Waals surface area contributed by atoms with Crippen LogP contribution in [0.1, 0.15) is 35.1 Å². The molecule has 2 saturated heterocycles. The summed E-state index contributed by atoms with van der Waals surface area (Å²) in [6, 6.07) is 9.42. The van der Waals surface area contributed by atoms with E-state index < -0.39 is 60.6 Å². The van der Waals surface area contributed by atoms with E-state index in [2.05, 4.69) is 10.6 Å². The maximum atomic E-state index is 13.6. The molecule has 5 rings (SSSR count). The zero-order valence-corrected chi connectivity index (χ0v) is 22.4. The van der Waals surface area contributed by atoms with Crippen LogP contribution in [-0.2, 0) is 32.8 Å². The second-order valence-electron chi connectivity index (χ2n) is 10.6. The third kappa shape index (κ3) is 5.00. The number of benzene rings is 2. The molecule has 2 N–H and O–H groups in total. The summed E-state index contributed by atoms with van der Waals surface area (Å²) in [5.41, 5.74) is 1.32. The van der Waals surface area contributed by atoms with Crippen molar-refractivity contribution in [3.05, 3.63) is 64.7 Å². The molecule has 2 aliphatic heterocycles. The Kier molecular flexibility index (Phi) is 7.00. The van der Waals surface area contributed by atoms with E-state index in [0.29, 0.717) is 24.1 Å². The Labute approximate surface area is 233 Å². The molecule has 2 atom stereocenters. The zero-order valence-electron chi connectivity index (χ0n) is 22.4. The standard InChI is InChI=1S/C28H28F3N5O5/c1-16-12-19(10-9-18(16)13-21-23(38)33-25(40)34(21)2)32-22(37)14-36-26(41)35(15-28(29,30)31)24(39)27(36)11-5-7-17-6-3-4-8-20(17)27/h3-4,6,8-10,12,21H,5,7,11,13-15H2,1-2H3,(H,32,37)(H,33,38,40)/t21-,27?/m1/s1. The van der Waals surface area contributed by atoms with Crippen LogP contribution in [0, 0.1) is 6.92 Å². The van der Waals surface area contributed by atoms with Crippen molar-refractivity contribution >= 4 is 35.5 Å². The molecule has 41 heavy (non-hydrogen) atoms. The average Bonchev–Trinajstić information content (AvgIpc) is 3.25. The van der Waals surface area contributed by atoms with Crippen LogP contribution in [0.25, 0.3) is 0 Å². The summed E-state index contributed by atoms with van der Waals surface area (Å²) >= 11 is 0. The van der Waals surface area contributed by atoms with Gasteiger partial charge in [-0.3, -0.25) is 29.5 Å². The highest BCUT2D eigenvalue weighted by molar-refractivity contribution is 6.09. The number of hydrogen-bond donors (Lipinski definition) is 2. The SMILES string of the molecule is Cc1cc(NC(=O)CN2C(=O)N(CC(F)(F)F)C(=O)C23CCCc2ccccc23)ccc1C[C@@H]1C(=O)NC(=O)N1C. The van der Waals surface area contributed by atoms with E-state index >= 15 is 0 Å². The first kappa shape index (κ1) is 28.1. The molecule has 0 saturated carbocycles. The van der Waals surface area contributed by atoms with Gasteiger partial charge in [-0.05, 0) is 60.6 Å². The van der Waals surface area contributed by atoms with Gasteiger partial charge in [-0.15, -0.1) is 0 Å². The number of nitrogens with one attached hydrogen (secondary N) is 2. The Morgan fingerprint density at radius 2 is 1.85 bits per heavy atom. The number of anilines is 1. The van der Waals surface area contributed by atoms with Crippen LogP contribution in [0.4, 0.5) is 28.4 Å². The predicted molar refractivity (Wildman–Crippen MR) is 140 cm³/mol. The first-order valence-corrected chi connectivity index (χ1v) is 13.1. The van der Waals surface area contributed by atoms with Crippen LogP contribution in [0.15, 0.2) is 42.5 Å². The third-order valence-corrected chi connectivity index (χ3v) is 7.97. The summed E-state index contributed by atoms with van der Waals surface area (Å²) in [5.74, 6) is -2.08. The molecule has 0 radical (unpaired) electrons. The lowest BCUT2D eigenvalue weighted by Crippen LogP contribution is -2.51. The first-order chi connectivity index (χ1) is 19.3. The lowest BCUT2D eigenvalue weighted by atomic mass is 9.75. The molecule has 2 aromatic carbocycles. The topological polar surface area (TPSA) is 119 Å². The molecule has 10 nitrogen and oxygen atoms in total. The number of carbonyl (C=O) groups excluding carboxylic acids is 5. The molecule has 2 heterocycles.